The number of ether oxygens (including phenoxy) is 1. The van der Waals surface area contributed by atoms with Gasteiger partial charge in [0, 0.05) is 13.2 Å². The Morgan fingerprint density at radius 1 is 1.18 bits per heavy atom. The Hall–Kier alpha value is -2.88. The summed E-state index contributed by atoms with van der Waals surface area (Å²) in [5.74, 6) is 0.783. The van der Waals surface area contributed by atoms with E-state index in [9.17, 15) is 4.79 Å². The van der Waals surface area contributed by atoms with Crippen LogP contribution in [-0.2, 0) is 7.05 Å². The summed E-state index contributed by atoms with van der Waals surface area (Å²) in [6.45, 7) is 0. The maximum absolute atomic E-state index is 12.0. The molecule has 0 radical (unpaired) electrons. The van der Waals surface area contributed by atoms with Gasteiger partial charge in [-0.15, -0.1) is 0 Å². The number of carbonyl (C=O) groups is 1. The number of benzene rings is 2. The number of ketones is 1. The minimum atomic E-state index is -0.0528. The number of fused-ring (bicyclic) bond motifs is 1. The fourth-order valence-electron chi connectivity index (χ4n) is 2.29. The van der Waals surface area contributed by atoms with Crippen LogP contribution in [0.4, 0.5) is 0 Å². The van der Waals surface area contributed by atoms with Crippen molar-refractivity contribution in [3.05, 3.63) is 66.0 Å². The molecule has 0 unspecified atom stereocenters. The van der Waals surface area contributed by atoms with Crippen LogP contribution in [0.2, 0.25) is 0 Å². The Kier molecular flexibility index (Phi) is 3.74. The van der Waals surface area contributed by atoms with E-state index in [2.05, 4.69) is 5.10 Å². The predicted octanol–water partition coefficient (Wildman–Crippen LogP) is 3.48. The number of rotatable bonds is 4. The molecule has 1 heterocycles. The SMILES string of the molecule is COc1ccc2cc(/C=C/C(=O)c3cnn(C)c3)ccc2c1. The number of methoxy groups -OCH3 is 1. The van der Waals surface area contributed by atoms with Gasteiger partial charge in [0.1, 0.15) is 5.75 Å². The predicted molar refractivity (Wildman–Crippen MR) is 87.1 cm³/mol. The molecule has 110 valence electrons. The van der Waals surface area contributed by atoms with Gasteiger partial charge in [-0.05, 0) is 40.6 Å². The van der Waals surface area contributed by atoms with Crippen LogP contribution in [0.1, 0.15) is 15.9 Å². The van der Waals surface area contributed by atoms with Crippen molar-refractivity contribution in [1.82, 2.24) is 9.78 Å². The summed E-state index contributed by atoms with van der Waals surface area (Å²) in [6.07, 6.45) is 6.67. The average molecular weight is 292 g/mol. The molecular formula is C18H16N2O2. The van der Waals surface area contributed by atoms with Gasteiger partial charge in [-0.3, -0.25) is 9.48 Å². The van der Waals surface area contributed by atoms with Gasteiger partial charge in [0.05, 0.1) is 18.9 Å². The van der Waals surface area contributed by atoms with Crippen LogP contribution in [0.15, 0.2) is 54.9 Å². The summed E-state index contributed by atoms with van der Waals surface area (Å²) >= 11 is 0. The Bertz CT molecular complexity index is 862. The van der Waals surface area contributed by atoms with E-state index in [1.54, 1.807) is 37.3 Å². The van der Waals surface area contributed by atoms with E-state index in [0.29, 0.717) is 5.56 Å². The Balaban J connectivity index is 1.84. The number of hydrogen-bond donors (Lipinski definition) is 0. The molecule has 4 heteroatoms. The quantitative estimate of drug-likeness (QED) is 0.546. The molecular weight excluding hydrogens is 276 g/mol. The van der Waals surface area contributed by atoms with Gasteiger partial charge in [-0.25, -0.2) is 0 Å². The molecule has 4 nitrogen and oxygen atoms in total. The summed E-state index contributed by atoms with van der Waals surface area (Å²) in [5.41, 5.74) is 1.57. The Morgan fingerprint density at radius 2 is 1.95 bits per heavy atom. The van der Waals surface area contributed by atoms with E-state index >= 15 is 0 Å². The number of nitrogens with zero attached hydrogens (tertiary/aromatic N) is 2. The van der Waals surface area contributed by atoms with Crippen LogP contribution in [-0.4, -0.2) is 22.7 Å². The minimum Gasteiger partial charge on any atom is -0.497 e. The highest BCUT2D eigenvalue weighted by Crippen LogP contribution is 2.22. The zero-order valence-electron chi connectivity index (χ0n) is 12.5. The fourth-order valence-corrected chi connectivity index (χ4v) is 2.29. The molecule has 0 atom stereocenters. The third kappa shape index (κ3) is 2.91. The smallest absolute Gasteiger partial charge is 0.189 e. The summed E-state index contributed by atoms with van der Waals surface area (Å²) in [5, 5.41) is 6.21. The lowest BCUT2D eigenvalue weighted by atomic mass is 10.1. The van der Waals surface area contributed by atoms with E-state index in [1.807, 2.05) is 42.5 Å². The van der Waals surface area contributed by atoms with Crippen LogP contribution < -0.4 is 4.74 Å². The van der Waals surface area contributed by atoms with Crippen molar-refractivity contribution >= 4 is 22.6 Å². The molecule has 0 bridgehead atoms. The van der Waals surface area contributed by atoms with Gasteiger partial charge in [-0.1, -0.05) is 24.3 Å². The lowest BCUT2D eigenvalue weighted by Gasteiger charge is -2.03. The number of allylic oxidation sites excluding steroid dienone is 1. The highest BCUT2D eigenvalue weighted by molar-refractivity contribution is 6.06. The van der Waals surface area contributed by atoms with E-state index in [-0.39, 0.29) is 5.78 Å². The van der Waals surface area contributed by atoms with Crippen LogP contribution >= 0.6 is 0 Å². The van der Waals surface area contributed by atoms with Crippen molar-refractivity contribution in [2.75, 3.05) is 7.11 Å². The zero-order valence-corrected chi connectivity index (χ0v) is 12.5. The molecule has 22 heavy (non-hydrogen) atoms. The molecule has 0 N–H and O–H groups in total. The first-order valence-electron chi connectivity index (χ1n) is 6.94. The third-order valence-electron chi connectivity index (χ3n) is 3.49. The minimum absolute atomic E-state index is 0.0528. The fraction of sp³-hybridized carbons (Fsp3) is 0.111. The van der Waals surface area contributed by atoms with Crippen molar-refractivity contribution in [1.29, 1.82) is 0 Å². The average Bonchev–Trinajstić information content (AvgIpc) is 2.98. The van der Waals surface area contributed by atoms with Crippen molar-refractivity contribution in [3.8, 4) is 5.75 Å². The molecule has 3 aromatic rings. The molecule has 3 rings (SSSR count). The van der Waals surface area contributed by atoms with E-state index in [1.165, 1.54) is 0 Å². The number of hydrogen-bond acceptors (Lipinski definition) is 3. The third-order valence-corrected chi connectivity index (χ3v) is 3.49. The first-order chi connectivity index (χ1) is 10.7. The van der Waals surface area contributed by atoms with E-state index < -0.39 is 0 Å². The Morgan fingerprint density at radius 3 is 2.68 bits per heavy atom. The lowest BCUT2D eigenvalue weighted by Crippen LogP contribution is -1.91. The van der Waals surface area contributed by atoms with Gasteiger partial charge in [0.25, 0.3) is 0 Å². The van der Waals surface area contributed by atoms with Crippen molar-refractivity contribution in [2.45, 2.75) is 0 Å². The molecule has 0 spiro atoms. The van der Waals surface area contributed by atoms with Crippen molar-refractivity contribution in [3.63, 3.8) is 0 Å². The molecule has 0 aliphatic heterocycles. The second-order valence-corrected chi connectivity index (χ2v) is 5.07. The van der Waals surface area contributed by atoms with Gasteiger partial charge in [-0.2, -0.15) is 5.10 Å². The normalized spacial score (nSPS) is 11.2. The topological polar surface area (TPSA) is 44.1 Å². The number of aryl methyl sites for hydroxylation is 1. The monoisotopic (exact) mass is 292 g/mol. The van der Waals surface area contributed by atoms with Gasteiger partial charge >= 0.3 is 0 Å². The molecule has 0 aliphatic carbocycles. The van der Waals surface area contributed by atoms with E-state index in [0.717, 1.165) is 22.1 Å². The summed E-state index contributed by atoms with van der Waals surface area (Å²) in [4.78, 5) is 12.0. The standard InChI is InChI=1S/C18H16N2O2/c1-20-12-16(11-19-20)18(21)8-4-13-3-5-15-10-17(22-2)7-6-14(15)9-13/h3-12H,1-2H3/b8-4+. The maximum atomic E-state index is 12.0. The molecule has 0 saturated carbocycles. The second-order valence-electron chi connectivity index (χ2n) is 5.07. The number of aromatic nitrogens is 2. The first kappa shape index (κ1) is 14.1. The summed E-state index contributed by atoms with van der Waals surface area (Å²) in [6, 6.07) is 12.0. The molecule has 0 saturated heterocycles. The maximum Gasteiger partial charge on any atom is 0.189 e. The number of carbonyl (C=O) groups excluding carboxylic acids is 1. The summed E-state index contributed by atoms with van der Waals surface area (Å²) in [7, 11) is 3.44. The first-order valence-corrected chi connectivity index (χ1v) is 6.94. The largest absolute Gasteiger partial charge is 0.497 e. The van der Waals surface area contributed by atoms with Crippen LogP contribution in [0, 0.1) is 0 Å². The van der Waals surface area contributed by atoms with Crippen molar-refractivity contribution in [2.24, 2.45) is 7.05 Å². The molecule has 0 fully saturated rings. The zero-order chi connectivity index (χ0) is 15.5. The highest BCUT2D eigenvalue weighted by atomic mass is 16.5. The molecule has 2 aromatic carbocycles. The van der Waals surface area contributed by atoms with Gasteiger partial charge < -0.3 is 4.74 Å². The van der Waals surface area contributed by atoms with Crippen LogP contribution in [0.5, 0.6) is 5.75 Å². The summed E-state index contributed by atoms with van der Waals surface area (Å²) < 4.78 is 6.83. The molecule has 1 aromatic heterocycles. The van der Waals surface area contributed by atoms with Gasteiger partial charge in [0.15, 0.2) is 5.78 Å². The second kappa shape index (κ2) is 5.85. The van der Waals surface area contributed by atoms with Gasteiger partial charge in [0.2, 0.25) is 0 Å². The molecule has 0 aliphatic rings. The van der Waals surface area contributed by atoms with Crippen molar-refractivity contribution < 1.29 is 9.53 Å². The lowest BCUT2D eigenvalue weighted by molar-refractivity contribution is 0.104. The van der Waals surface area contributed by atoms with Crippen LogP contribution in [0.3, 0.4) is 0 Å². The van der Waals surface area contributed by atoms with E-state index in [4.69, 9.17) is 4.74 Å². The van der Waals surface area contributed by atoms with Crippen LogP contribution in [0.25, 0.3) is 16.8 Å². The Labute approximate surface area is 128 Å². The highest BCUT2D eigenvalue weighted by Gasteiger charge is 2.04. The molecule has 0 amide bonds.